The molecule has 0 saturated heterocycles. The van der Waals surface area contributed by atoms with Crippen LogP contribution in [-0.2, 0) is 0 Å². The fourth-order valence-corrected chi connectivity index (χ4v) is 3.22. The lowest BCUT2D eigenvalue weighted by Gasteiger charge is -2.09. The summed E-state index contributed by atoms with van der Waals surface area (Å²) < 4.78 is 6.50. The van der Waals surface area contributed by atoms with Gasteiger partial charge in [-0.3, -0.25) is 10.1 Å². The molecule has 0 atom stereocenters. The van der Waals surface area contributed by atoms with Gasteiger partial charge in [0.1, 0.15) is 5.75 Å². The summed E-state index contributed by atoms with van der Waals surface area (Å²) in [5.74, 6) is 0.539. The highest BCUT2D eigenvalue weighted by Gasteiger charge is 2.10. The number of fused-ring (bicyclic) bond motifs is 1. The maximum Gasteiger partial charge on any atom is 0.257 e. The molecule has 0 fully saturated rings. The number of hydrogen-bond acceptors (Lipinski definition) is 4. The van der Waals surface area contributed by atoms with E-state index in [1.165, 1.54) is 11.3 Å². The van der Waals surface area contributed by atoms with Gasteiger partial charge in [0.15, 0.2) is 5.13 Å². The van der Waals surface area contributed by atoms with E-state index in [4.69, 9.17) is 16.3 Å². The van der Waals surface area contributed by atoms with E-state index in [2.05, 4.69) is 10.3 Å². The molecule has 118 valence electrons. The second kappa shape index (κ2) is 6.56. The van der Waals surface area contributed by atoms with E-state index in [0.717, 1.165) is 16.0 Å². The lowest BCUT2D eigenvalue weighted by Crippen LogP contribution is -2.11. The molecule has 0 unspecified atom stereocenters. The smallest absolute Gasteiger partial charge is 0.257 e. The van der Waals surface area contributed by atoms with Gasteiger partial charge in [-0.25, -0.2) is 4.98 Å². The zero-order valence-corrected chi connectivity index (χ0v) is 14.2. The summed E-state index contributed by atoms with van der Waals surface area (Å²) >= 11 is 7.35. The summed E-state index contributed by atoms with van der Waals surface area (Å²) in [6.07, 6.45) is 0.101. The minimum absolute atomic E-state index is 0.101. The third kappa shape index (κ3) is 3.81. The van der Waals surface area contributed by atoms with Crippen molar-refractivity contribution in [1.82, 2.24) is 4.98 Å². The number of aromatic nitrogens is 1. The van der Waals surface area contributed by atoms with Crippen molar-refractivity contribution in [2.45, 2.75) is 20.0 Å². The van der Waals surface area contributed by atoms with Gasteiger partial charge in [0, 0.05) is 10.6 Å². The molecule has 0 bridgehead atoms. The zero-order chi connectivity index (χ0) is 16.4. The van der Waals surface area contributed by atoms with Crippen molar-refractivity contribution in [2.24, 2.45) is 0 Å². The van der Waals surface area contributed by atoms with Gasteiger partial charge in [-0.1, -0.05) is 22.9 Å². The van der Waals surface area contributed by atoms with E-state index >= 15 is 0 Å². The molecule has 3 rings (SSSR count). The molecule has 1 aromatic heterocycles. The van der Waals surface area contributed by atoms with E-state index in [1.807, 2.05) is 26.0 Å². The maximum atomic E-state index is 12.3. The SMILES string of the molecule is CC(C)Oc1ccc(C(=O)Nc2nc3ccc(Cl)cc3s2)cc1. The summed E-state index contributed by atoms with van der Waals surface area (Å²) in [5.41, 5.74) is 1.37. The molecule has 4 nitrogen and oxygen atoms in total. The molecule has 23 heavy (non-hydrogen) atoms. The number of thiazole rings is 1. The molecule has 1 heterocycles. The van der Waals surface area contributed by atoms with Crippen LogP contribution in [0.2, 0.25) is 5.02 Å². The molecule has 0 aliphatic heterocycles. The molecule has 3 aromatic rings. The number of halogens is 1. The number of benzene rings is 2. The Bertz CT molecular complexity index is 843. The van der Waals surface area contributed by atoms with Gasteiger partial charge >= 0.3 is 0 Å². The Labute approximate surface area is 143 Å². The monoisotopic (exact) mass is 346 g/mol. The van der Waals surface area contributed by atoms with Gasteiger partial charge in [0.2, 0.25) is 0 Å². The summed E-state index contributed by atoms with van der Waals surface area (Å²) in [5, 5.41) is 4.02. The third-order valence-corrected chi connectivity index (χ3v) is 4.23. The van der Waals surface area contributed by atoms with Crippen LogP contribution < -0.4 is 10.1 Å². The summed E-state index contributed by atoms with van der Waals surface area (Å²) in [6, 6.07) is 12.5. The van der Waals surface area contributed by atoms with Crippen molar-refractivity contribution in [2.75, 3.05) is 5.32 Å². The number of anilines is 1. The van der Waals surface area contributed by atoms with Crippen molar-refractivity contribution in [3.8, 4) is 5.75 Å². The van der Waals surface area contributed by atoms with Gasteiger partial charge in [-0.15, -0.1) is 0 Å². The molecular formula is C17H15ClN2O2S. The number of nitrogens with one attached hydrogen (secondary N) is 1. The van der Waals surface area contributed by atoms with Crippen molar-refractivity contribution in [3.63, 3.8) is 0 Å². The van der Waals surface area contributed by atoms with Crippen LogP contribution in [0.15, 0.2) is 42.5 Å². The Morgan fingerprint density at radius 2 is 1.96 bits per heavy atom. The van der Waals surface area contributed by atoms with E-state index < -0.39 is 0 Å². The largest absolute Gasteiger partial charge is 0.491 e. The number of ether oxygens (including phenoxy) is 1. The molecule has 2 aromatic carbocycles. The summed E-state index contributed by atoms with van der Waals surface area (Å²) in [7, 11) is 0. The van der Waals surface area contributed by atoms with Crippen LogP contribution in [-0.4, -0.2) is 17.0 Å². The Morgan fingerprint density at radius 1 is 1.22 bits per heavy atom. The van der Waals surface area contributed by atoms with Crippen LogP contribution in [0.25, 0.3) is 10.2 Å². The highest BCUT2D eigenvalue weighted by Crippen LogP contribution is 2.28. The topological polar surface area (TPSA) is 51.2 Å². The summed E-state index contributed by atoms with van der Waals surface area (Å²) in [6.45, 7) is 3.92. The highest BCUT2D eigenvalue weighted by molar-refractivity contribution is 7.22. The van der Waals surface area contributed by atoms with Gasteiger partial charge in [-0.2, -0.15) is 0 Å². The fraction of sp³-hybridized carbons (Fsp3) is 0.176. The molecule has 0 aliphatic carbocycles. The average Bonchev–Trinajstić information content (AvgIpc) is 2.88. The quantitative estimate of drug-likeness (QED) is 0.724. The van der Waals surface area contributed by atoms with E-state index in [9.17, 15) is 4.79 Å². The number of carbonyl (C=O) groups excluding carboxylic acids is 1. The minimum atomic E-state index is -0.203. The molecule has 0 saturated carbocycles. The molecule has 0 spiro atoms. The number of carbonyl (C=O) groups is 1. The first kappa shape index (κ1) is 15.8. The number of nitrogens with zero attached hydrogens (tertiary/aromatic N) is 1. The van der Waals surface area contributed by atoms with Crippen molar-refractivity contribution < 1.29 is 9.53 Å². The zero-order valence-electron chi connectivity index (χ0n) is 12.7. The van der Waals surface area contributed by atoms with Crippen LogP contribution >= 0.6 is 22.9 Å². The Balaban J connectivity index is 1.74. The van der Waals surface area contributed by atoms with Crippen molar-refractivity contribution in [3.05, 3.63) is 53.1 Å². The maximum absolute atomic E-state index is 12.3. The van der Waals surface area contributed by atoms with Crippen LogP contribution in [0.5, 0.6) is 5.75 Å². The predicted molar refractivity (Wildman–Crippen MR) is 94.8 cm³/mol. The molecule has 6 heteroatoms. The molecule has 1 N–H and O–H groups in total. The van der Waals surface area contributed by atoms with Crippen LogP contribution in [0.3, 0.4) is 0 Å². The van der Waals surface area contributed by atoms with Crippen LogP contribution in [0.4, 0.5) is 5.13 Å². The third-order valence-electron chi connectivity index (χ3n) is 3.06. The van der Waals surface area contributed by atoms with E-state index in [-0.39, 0.29) is 12.0 Å². The van der Waals surface area contributed by atoms with Crippen LogP contribution in [0.1, 0.15) is 24.2 Å². The Kier molecular flexibility index (Phi) is 4.50. The van der Waals surface area contributed by atoms with Gasteiger partial charge < -0.3 is 4.74 Å². The van der Waals surface area contributed by atoms with Crippen molar-refractivity contribution >= 4 is 44.2 Å². The molecule has 1 amide bonds. The first-order valence-corrected chi connectivity index (χ1v) is 8.35. The standard InChI is InChI=1S/C17H15ClN2O2S/c1-10(2)22-13-6-3-11(4-7-13)16(21)20-17-19-14-8-5-12(18)9-15(14)23-17/h3-10H,1-2H3,(H,19,20,21). The number of rotatable bonds is 4. The predicted octanol–water partition coefficient (Wildman–Crippen LogP) is 4.99. The van der Waals surface area contributed by atoms with Crippen molar-refractivity contribution in [1.29, 1.82) is 0 Å². The van der Waals surface area contributed by atoms with E-state index in [0.29, 0.717) is 15.7 Å². The Hall–Kier alpha value is -2.11. The lowest BCUT2D eigenvalue weighted by atomic mass is 10.2. The Morgan fingerprint density at radius 3 is 2.65 bits per heavy atom. The molecule has 0 aliphatic rings. The highest BCUT2D eigenvalue weighted by atomic mass is 35.5. The first-order chi connectivity index (χ1) is 11.0. The first-order valence-electron chi connectivity index (χ1n) is 7.15. The van der Waals surface area contributed by atoms with Gasteiger partial charge in [0.05, 0.1) is 16.3 Å². The number of hydrogen-bond donors (Lipinski definition) is 1. The fourth-order valence-electron chi connectivity index (χ4n) is 2.08. The van der Waals surface area contributed by atoms with Crippen LogP contribution in [0, 0.1) is 0 Å². The molecule has 0 radical (unpaired) electrons. The number of amides is 1. The lowest BCUT2D eigenvalue weighted by molar-refractivity contribution is 0.102. The second-order valence-corrected chi connectivity index (χ2v) is 6.74. The van der Waals surface area contributed by atoms with Gasteiger partial charge in [-0.05, 0) is 56.3 Å². The minimum Gasteiger partial charge on any atom is -0.491 e. The normalized spacial score (nSPS) is 11.0. The summed E-state index contributed by atoms with van der Waals surface area (Å²) in [4.78, 5) is 16.7. The second-order valence-electron chi connectivity index (χ2n) is 5.28. The molecular weight excluding hydrogens is 332 g/mol. The van der Waals surface area contributed by atoms with Gasteiger partial charge in [0.25, 0.3) is 5.91 Å². The average molecular weight is 347 g/mol. The van der Waals surface area contributed by atoms with E-state index in [1.54, 1.807) is 30.3 Å².